The first kappa shape index (κ1) is 23.1. The Bertz CT molecular complexity index is 2170. The van der Waals surface area contributed by atoms with E-state index in [-0.39, 0.29) is 0 Å². The molecule has 0 saturated carbocycles. The first-order valence-corrected chi connectivity index (χ1v) is 14.3. The highest BCUT2D eigenvalue weighted by molar-refractivity contribution is 7.26. The van der Waals surface area contributed by atoms with Gasteiger partial charge in [-0.2, -0.15) is 0 Å². The Morgan fingerprint density at radius 1 is 0.525 bits per heavy atom. The van der Waals surface area contributed by atoms with E-state index in [1.807, 2.05) is 23.5 Å². The number of aromatic nitrogens is 3. The lowest BCUT2D eigenvalue weighted by Crippen LogP contribution is -2.04. The van der Waals surface area contributed by atoms with Crippen LogP contribution in [0.15, 0.2) is 115 Å². The van der Waals surface area contributed by atoms with Crippen LogP contribution in [0.5, 0.6) is 0 Å². The number of fused-ring (bicyclic) bond motifs is 7. The molecule has 0 N–H and O–H groups in total. The minimum atomic E-state index is 0.680. The molecule has 4 heteroatoms. The van der Waals surface area contributed by atoms with Crippen molar-refractivity contribution in [1.29, 1.82) is 0 Å². The normalized spacial score (nSPS) is 11.8. The molecule has 0 fully saturated rings. The summed E-state index contributed by atoms with van der Waals surface area (Å²) in [5.74, 6) is 0.680. The van der Waals surface area contributed by atoms with Crippen LogP contribution in [0.25, 0.3) is 70.4 Å². The van der Waals surface area contributed by atoms with Crippen LogP contribution in [0, 0.1) is 13.8 Å². The molecule has 3 nitrogen and oxygen atoms in total. The molecule has 3 heterocycles. The highest BCUT2D eigenvalue weighted by Gasteiger charge is 2.20. The standard InChI is InChI=1S/C36H25N3S/c1-22-13-15-30-26(19-22)34-31(16-18-33-35(34)27-20-23(2)14-17-32(27)40-33)39(30)36-37-28(24-9-5-3-6-10-24)21-29(38-36)25-11-7-4-8-12-25/h3-21H,1-2H3. The van der Waals surface area contributed by atoms with Crippen molar-refractivity contribution < 1.29 is 0 Å². The maximum atomic E-state index is 5.19. The molecule has 0 amide bonds. The third-order valence-corrected chi connectivity index (χ3v) is 8.86. The van der Waals surface area contributed by atoms with Crippen molar-refractivity contribution in [3.05, 3.63) is 126 Å². The van der Waals surface area contributed by atoms with E-state index in [1.165, 1.54) is 42.1 Å². The van der Waals surface area contributed by atoms with E-state index in [2.05, 4.69) is 122 Å². The zero-order valence-corrected chi connectivity index (χ0v) is 23.0. The number of hydrogen-bond acceptors (Lipinski definition) is 3. The molecule has 0 bridgehead atoms. The largest absolute Gasteiger partial charge is 0.278 e. The fourth-order valence-corrected chi connectivity index (χ4v) is 6.96. The number of benzene rings is 5. The van der Waals surface area contributed by atoms with Crippen LogP contribution < -0.4 is 0 Å². The lowest BCUT2D eigenvalue weighted by Gasteiger charge is -2.12. The molecule has 0 unspecified atom stereocenters. The maximum absolute atomic E-state index is 5.19. The summed E-state index contributed by atoms with van der Waals surface area (Å²) in [4.78, 5) is 10.4. The molecule has 5 aromatic carbocycles. The Labute approximate surface area is 236 Å². The van der Waals surface area contributed by atoms with Crippen LogP contribution in [-0.2, 0) is 0 Å². The van der Waals surface area contributed by atoms with Crippen molar-refractivity contribution in [2.24, 2.45) is 0 Å². The Balaban J connectivity index is 1.52. The van der Waals surface area contributed by atoms with E-state index in [9.17, 15) is 0 Å². The summed E-state index contributed by atoms with van der Waals surface area (Å²) in [6.07, 6.45) is 0. The van der Waals surface area contributed by atoms with E-state index >= 15 is 0 Å². The van der Waals surface area contributed by atoms with Gasteiger partial charge in [-0.3, -0.25) is 4.57 Å². The minimum Gasteiger partial charge on any atom is -0.278 e. The SMILES string of the molecule is Cc1ccc2sc3ccc4c(c5cc(C)ccc5n4-c4nc(-c5ccccc5)cc(-c5ccccc5)n4)c3c2c1. The number of rotatable bonds is 3. The highest BCUT2D eigenvalue weighted by atomic mass is 32.1. The van der Waals surface area contributed by atoms with E-state index < -0.39 is 0 Å². The van der Waals surface area contributed by atoms with Crippen LogP contribution in [0.1, 0.15) is 11.1 Å². The Morgan fingerprint density at radius 3 is 1.77 bits per heavy atom. The van der Waals surface area contributed by atoms with Crippen LogP contribution in [-0.4, -0.2) is 14.5 Å². The van der Waals surface area contributed by atoms with Gasteiger partial charge in [0, 0.05) is 42.1 Å². The Morgan fingerprint density at radius 2 is 1.10 bits per heavy atom. The van der Waals surface area contributed by atoms with Gasteiger partial charge in [-0.05, 0) is 56.3 Å². The molecule has 0 atom stereocenters. The Hall–Kier alpha value is -4.80. The number of hydrogen-bond donors (Lipinski definition) is 0. The first-order chi connectivity index (χ1) is 19.6. The third-order valence-electron chi connectivity index (χ3n) is 7.73. The molecular formula is C36H25N3S. The number of nitrogens with zero attached hydrogens (tertiary/aromatic N) is 3. The molecule has 3 aromatic heterocycles. The molecule has 190 valence electrons. The monoisotopic (exact) mass is 531 g/mol. The molecule has 8 rings (SSSR count). The average molecular weight is 532 g/mol. The second-order valence-electron chi connectivity index (χ2n) is 10.5. The molecule has 0 aliphatic rings. The van der Waals surface area contributed by atoms with Crippen molar-refractivity contribution in [2.45, 2.75) is 13.8 Å². The topological polar surface area (TPSA) is 30.7 Å². The van der Waals surface area contributed by atoms with Gasteiger partial charge in [0.1, 0.15) is 0 Å². The lowest BCUT2D eigenvalue weighted by atomic mass is 10.0. The highest BCUT2D eigenvalue weighted by Crippen LogP contribution is 2.43. The summed E-state index contributed by atoms with van der Waals surface area (Å²) < 4.78 is 4.87. The molecule has 0 saturated heterocycles. The zero-order valence-electron chi connectivity index (χ0n) is 22.2. The summed E-state index contributed by atoms with van der Waals surface area (Å²) in [5, 5.41) is 5.13. The predicted octanol–water partition coefficient (Wildman–Crippen LogP) is 9.89. The third kappa shape index (κ3) is 3.57. The number of thiophene rings is 1. The van der Waals surface area contributed by atoms with E-state index in [0.29, 0.717) is 5.95 Å². The van der Waals surface area contributed by atoms with Gasteiger partial charge in [-0.15, -0.1) is 11.3 Å². The van der Waals surface area contributed by atoms with Crippen molar-refractivity contribution in [3.8, 4) is 28.5 Å². The molecule has 0 aliphatic carbocycles. The fourth-order valence-electron chi connectivity index (χ4n) is 5.87. The molecular weight excluding hydrogens is 506 g/mol. The van der Waals surface area contributed by atoms with Crippen LogP contribution in [0.4, 0.5) is 0 Å². The van der Waals surface area contributed by atoms with Crippen LogP contribution in [0.2, 0.25) is 0 Å². The predicted molar refractivity (Wildman–Crippen MR) is 170 cm³/mol. The smallest absolute Gasteiger partial charge is 0.235 e. The molecule has 0 radical (unpaired) electrons. The van der Waals surface area contributed by atoms with Gasteiger partial charge < -0.3 is 0 Å². The van der Waals surface area contributed by atoms with E-state index in [4.69, 9.17) is 9.97 Å². The average Bonchev–Trinajstić information content (AvgIpc) is 3.52. The lowest BCUT2D eigenvalue weighted by molar-refractivity contribution is 0.996. The summed E-state index contributed by atoms with van der Waals surface area (Å²) in [6, 6.07) is 40.9. The molecule has 40 heavy (non-hydrogen) atoms. The van der Waals surface area contributed by atoms with E-state index in [1.54, 1.807) is 0 Å². The van der Waals surface area contributed by atoms with Gasteiger partial charge in [0.2, 0.25) is 5.95 Å². The van der Waals surface area contributed by atoms with E-state index in [0.717, 1.165) is 33.5 Å². The fraction of sp³-hybridized carbons (Fsp3) is 0.0556. The van der Waals surface area contributed by atoms with Gasteiger partial charge in [-0.1, -0.05) is 83.9 Å². The van der Waals surface area contributed by atoms with Gasteiger partial charge in [-0.25, -0.2) is 9.97 Å². The summed E-state index contributed by atoms with van der Waals surface area (Å²) in [5.41, 5.74) is 8.71. The molecule has 0 spiro atoms. The van der Waals surface area contributed by atoms with Gasteiger partial charge in [0.05, 0.1) is 22.4 Å². The quantitative estimate of drug-likeness (QED) is 0.227. The summed E-state index contributed by atoms with van der Waals surface area (Å²) in [6.45, 7) is 4.34. The first-order valence-electron chi connectivity index (χ1n) is 13.5. The molecule has 0 aliphatic heterocycles. The van der Waals surface area contributed by atoms with Gasteiger partial charge >= 0.3 is 0 Å². The van der Waals surface area contributed by atoms with Crippen LogP contribution >= 0.6 is 11.3 Å². The van der Waals surface area contributed by atoms with Gasteiger partial charge in [0.25, 0.3) is 0 Å². The van der Waals surface area contributed by atoms with Crippen molar-refractivity contribution >= 4 is 53.3 Å². The van der Waals surface area contributed by atoms with Crippen LogP contribution in [0.3, 0.4) is 0 Å². The maximum Gasteiger partial charge on any atom is 0.235 e. The second kappa shape index (κ2) is 8.87. The summed E-state index contributed by atoms with van der Waals surface area (Å²) >= 11 is 1.86. The van der Waals surface area contributed by atoms with Crippen molar-refractivity contribution in [3.63, 3.8) is 0 Å². The van der Waals surface area contributed by atoms with Gasteiger partial charge in [0.15, 0.2) is 0 Å². The Kier molecular flexibility index (Phi) is 5.13. The molecule has 8 aromatic rings. The van der Waals surface area contributed by atoms with Crippen molar-refractivity contribution in [2.75, 3.05) is 0 Å². The van der Waals surface area contributed by atoms with Crippen molar-refractivity contribution in [1.82, 2.24) is 14.5 Å². The minimum absolute atomic E-state index is 0.680. The number of aryl methyl sites for hydroxylation is 2. The second-order valence-corrected chi connectivity index (χ2v) is 11.5. The zero-order chi connectivity index (χ0) is 26.8. The summed E-state index contributed by atoms with van der Waals surface area (Å²) in [7, 11) is 0.